The molecule has 1 fully saturated rings. The van der Waals surface area contributed by atoms with Crippen molar-refractivity contribution in [1.82, 2.24) is 4.90 Å². The van der Waals surface area contributed by atoms with E-state index < -0.39 is 11.9 Å². The summed E-state index contributed by atoms with van der Waals surface area (Å²) in [5.74, 6) is -0.0556. The molecule has 0 radical (unpaired) electrons. The molecule has 2 unspecified atom stereocenters. The summed E-state index contributed by atoms with van der Waals surface area (Å²) in [5.41, 5.74) is 0.867. The maximum Gasteiger partial charge on any atom is 0.340 e. The fourth-order valence-electron chi connectivity index (χ4n) is 4.07. The van der Waals surface area contributed by atoms with Crippen LogP contribution in [0.25, 0.3) is 0 Å². The molecule has 0 aromatic heterocycles. The Kier molecular flexibility index (Phi) is 7.92. The van der Waals surface area contributed by atoms with Gasteiger partial charge in [-0.05, 0) is 75.6 Å². The summed E-state index contributed by atoms with van der Waals surface area (Å²) >= 11 is 0. The number of hydrogen-bond acceptors (Lipinski definition) is 6. The number of likely N-dealkylation sites (tertiary alicyclic amines) is 1. The van der Waals surface area contributed by atoms with Crippen LogP contribution in [0.5, 0.6) is 11.5 Å². The van der Waals surface area contributed by atoms with Crippen molar-refractivity contribution in [2.75, 3.05) is 26.1 Å². The molecule has 2 amide bonds. The number of methoxy groups -OCH3 is 2. The Balaban J connectivity index is 1.63. The van der Waals surface area contributed by atoms with Crippen molar-refractivity contribution in [2.45, 2.75) is 45.2 Å². The van der Waals surface area contributed by atoms with Gasteiger partial charge in [0.05, 0.1) is 25.5 Å². The van der Waals surface area contributed by atoms with Crippen molar-refractivity contribution in [3.63, 3.8) is 0 Å². The number of amides is 2. The molecule has 0 bridgehead atoms. The molecule has 8 heteroatoms. The van der Waals surface area contributed by atoms with Gasteiger partial charge in [-0.25, -0.2) is 4.79 Å². The van der Waals surface area contributed by atoms with Crippen molar-refractivity contribution in [3.05, 3.63) is 53.6 Å². The number of piperidine rings is 1. The number of carbonyl (C=O) groups excluding carboxylic acids is 3. The second kappa shape index (κ2) is 10.8. The number of anilines is 1. The second-order valence-corrected chi connectivity index (χ2v) is 8.10. The number of hydrogen-bond donors (Lipinski definition) is 1. The van der Waals surface area contributed by atoms with Crippen LogP contribution in [-0.4, -0.2) is 55.6 Å². The van der Waals surface area contributed by atoms with E-state index >= 15 is 0 Å². The maximum absolute atomic E-state index is 12.7. The average molecular weight is 455 g/mol. The van der Waals surface area contributed by atoms with E-state index in [1.54, 1.807) is 36.4 Å². The van der Waals surface area contributed by atoms with Gasteiger partial charge >= 0.3 is 5.97 Å². The number of rotatable bonds is 7. The molecule has 2 aromatic rings. The Morgan fingerprint density at radius 1 is 0.970 bits per heavy atom. The van der Waals surface area contributed by atoms with Gasteiger partial charge in [0.25, 0.3) is 11.8 Å². The van der Waals surface area contributed by atoms with E-state index in [0.29, 0.717) is 22.7 Å². The molecular formula is C25H30N2O6. The third-order valence-electron chi connectivity index (χ3n) is 5.84. The minimum Gasteiger partial charge on any atom is -0.497 e. The highest BCUT2D eigenvalue weighted by Gasteiger charge is 2.29. The summed E-state index contributed by atoms with van der Waals surface area (Å²) in [7, 11) is 2.75. The highest BCUT2D eigenvalue weighted by atomic mass is 16.5. The Morgan fingerprint density at radius 2 is 1.61 bits per heavy atom. The highest BCUT2D eigenvalue weighted by molar-refractivity contribution is 6.08. The van der Waals surface area contributed by atoms with Crippen LogP contribution in [0.2, 0.25) is 0 Å². The summed E-state index contributed by atoms with van der Waals surface area (Å²) in [6, 6.07) is 11.6. The van der Waals surface area contributed by atoms with Crippen LogP contribution >= 0.6 is 0 Å². The lowest BCUT2D eigenvalue weighted by Crippen LogP contribution is -2.49. The first-order valence-electron chi connectivity index (χ1n) is 11.0. The van der Waals surface area contributed by atoms with Crippen LogP contribution in [0, 0.1) is 0 Å². The van der Waals surface area contributed by atoms with E-state index in [4.69, 9.17) is 14.2 Å². The molecule has 0 saturated carbocycles. The molecule has 1 heterocycles. The molecule has 33 heavy (non-hydrogen) atoms. The van der Waals surface area contributed by atoms with E-state index in [2.05, 4.69) is 19.2 Å². The maximum atomic E-state index is 12.7. The molecule has 176 valence electrons. The first kappa shape index (κ1) is 24.1. The third kappa shape index (κ3) is 5.83. The zero-order valence-electron chi connectivity index (χ0n) is 19.4. The smallest absolute Gasteiger partial charge is 0.340 e. The summed E-state index contributed by atoms with van der Waals surface area (Å²) < 4.78 is 15.6. The number of nitrogens with one attached hydrogen (secondary N) is 1. The molecule has 1 aliphatic heterocycles. The predicted octanol–water partition coefficient (Wildman–Crippen LogP) is 3.90. The third-order valence-corrected chi connectivity index (χ3v) is 5.84. The average Bonchev–Trinajstić information content (AvgIpc) is 2.82. The van der Waals surface area contributed by atoms with Crippen LogP contribution in [-0.2, 0) is 9.53 Å². The number of nitrogens with zero attached hydrogens (tertiary/aromatic N) is 1. The Hall–Kier alpha value is -3.55. The summed E-state index contributed by atoms with van der Waals surface area (Å²) in [4.78, 5) is 39.3. The van der Waals surface area contributed by atoms with Crippen LogP contribution in [0.1, 0.15) is 53.8 Å². The van der Waals surface area contributed by atoms with Crippen molar-refractivity contribution in [2.24, 2.45) is 0 Å². The van der Waals surface area contributed by atoms with Gasteiger partial charge in [0.2, 0.25) is 0 Å². The van der Waals surface area contributed by atoms with Gasteiger partial charge in [-0.1, -0.05) is 0 Å². The van der Waals surface area contributed by atoms with Crippen LogP contribution in [0.4, 0.5) is 5.69 Å². The lowest BCUT2D eigenvalue weighted by atomic mass is 9.97. The zero-order chi connectivity index (χ0) is 24.0. The number of ether oxygens (including phenoxy) is 3. The van der Waals surface area contributed by atoms with Crippen LogP contribution in [0.3, 0.4) is 0 Å². The van der Waals surface area contributed by atoms with E-state index in [0.717, 1.165) is 19.3 Å². The molecule has 3 rings (SSSR count). The Labute approximate surface area is 193 Å². The van der Waals surface area contributed by atoms with E-state index in [1.807, 2.05) is 4.90 Å². The minimum absolute atomic E-state index is 0.0358. The van der Waals surface area contributed by atoms with Gasteiger partial charge < -0.3 is 24.4 Å². The number of carbonyl (C=O) groups is 3. The molecule has 2 aromatic carbocycles. The molecule has 2 atom stereocenters. The van der Waals surface area contributed by atoms with Gasteiger partial charge in [-0.15, -0.1) is 0 Å². The standard InChI is InChI=1S/C25H30N2O6/c1-16-6-5-7-17(2)27(16)23(28)15-33-19-10-8-18(9-11-19)24(29)26-22-13-12-20(31-3)14-21(22)25(30)32-4/h8-14,16-17H,5-7,15H2,1-4H3,(H,26,29). The highest BCUT2D eigenvalue weighted by Crippen LogP contribution is 2.25. The van der Waals surface area contributed by atoms with Crippen molar-refractivity contribution >= 4 is 23.5 Å². The molecule has 0 aliphatic carbocycles. The lowest BCUT2D eigenvalue weighted by Gasteiger charge is -2.38. The van der Waals surface area contributed by atoms with E-state index in [1.165, 1.54) is 20.3 Å². The largest absolute Gasteiger partial charge is 0.497 e. The van der Waals surface area contributed by atoms with Crippen molar-refractivity contribution in [3.8, 4) is 11.5 Å². The molecular weight excluding hydrogens is 424 g/mol. The van der Waals surface area contributed by atoms with Crippen LogP contribution < -0.4 is 14.8 Å². The second-order valence-electron chi connectivity index (χ2n) is 8.10. The topological polar surface area (TPSA) is 94.2 Å². The summed E-state index contributed by atoms with van der Waals surface area (Å²) in [6.45, 7) is 4.08. The molecule has 1 saturated heterocycles. The van der Waals surface area contributed by atoms with Gasteiger partial charge in [0.1, 0.15) is 11.5 Å². The fraction of sp³-hybridized carbons (Fsp3) is 0.400. The van der Waals surface area contributed by atoms with Crippen LogP contribution in [0.15, 0.2) is 42.5 Å². The van der Waals surface area contributed by atoms with Gasteiger partial charge in [0.15, 0.2) is 6.61 Å². The van der Waals surface area contributed by atoms with Crippen molar-refractivity contribution < 1.29 is 28.6 Å². The van der Waals surface area contributed by atoms with E-state index in [9.17, 15) is 14.4 Å². The van der Waals surface area contributed by atoms with Gasteiger partial charge in [-0.2, -0.15) is 0 Å². The zero-order valence-corrected chi connectivity index (χ0v) is 19.4. The van der Waals surface area contributed by atoms with E-state index in [-0.39, 0.29) is 30.2 Å². The van der Waals surface area contributed by atoms with Crippen molar-refractivity contribution in [1.29, 1.82) is 0 Å². The summed E-state index contributed by atoms with van der Waals surface area (Å²) in [6.07, 6.45) is 3.14. The minimum atomic E-state index is -0.588. The molecule has 1 N–H and O–H groups in total. The Morgan fingerprint density at radius 3 is 2.21 bits per heavy atom. The lowest BCUT2D eigenvalue weighted by molar-refractivity contribution is -0.139. The predicted molar refractivity (Wildman–Crippen MR) is 124 cm³/mol. The quantitative estimate of drug-likeness (QED) is 0.638. The van der Waals surface area contributed by atoms with Gasteiger partial charge in [0, 0.05) is 17.6 Å². The molecule has 8 nitrogen and oxygen atoms in total. The monoisotopic (exact) mass is 454 g/mol. The SMILES string of the molecule is COC(=O)c1cc(OC)ccc1NC(=O)c1ccc(OCC(=O)N2C(C)CCCC2C)cc1. The first-order chi connectivity index (χ1) is 15.8. The first-order valence-corrected chi connectivity index (χ1v) is 11.0. The normalized spacial score (nSPS) is 17.8. The van der Waals surface area contributed by atoms with Gasteiger partial charge in [-0.3, -0.25) is 9.59 Å². The Bertz CT molecular complexity index is 994. The number of esters is 1. The fourth-order valence-corrected chi connectivity index (χ4v) is 4.07. The molecule has 0 spiro atoms. The number of benzene rings is 2. The summed E-state index contributed by atoms with van der Waals surface area (Å²) in [5, 5.41) is 2.72. The molecule has 1 aliphatic rings.